The summed E-state index contributed by atoms with van der Waals surface area (Å²) in [6.07, 6.45) is -0.564. The third-order valence-corrected chi connectivity index (χ3v) is 5.00. The van der Waals surface area contributed by atoms with Crippen molar-refractivity contribution in [3.63, 3.8) is 0 Å². The minimum absolute atomic E-state index is 0.0274. The largest absolute Gasteiger partial charge is 0.480 e. The first-order chi connectivity index (χ1) is 14.3. The molecule has 0 bridgehead atoms. The zero-order valence-corrected chi connectivity index (χ0v) is 18.0. The number of primary amides is 1. The Balaban J connectivity index is 2.93. The number of carbonyl (C=O) groups excluding carboxylic acids is 4. The second kappa shape index (κ2) is 11.6. The lowest BCUT2D eigenvalue weighted by molar-refractivity contribution is -0.144. The van der Waals surface area contributed by atoms with E-state index in [9.17, 15) is 34.2 Å². The Kier molecular flexibility index (Phi) is 9.85. The van der Waals surface area contributed by atoms with Crippen LogP contribution in [-0.2, 0) is 24.0 Å². The van der Waals surface area contributed by atoms with E-state index in [4.69, 9.17) is 11.5 Å². The molecule has 0 radical (unpaired) electrons. The van der Waals surface area contributed by atoms with E-state index in [1.165, 1.54) is 11.8 Å². The van der Waals surface area contributed by atoms with Gasteiger partial charge in [0.25, 0.3) is 0 Å². The highest BCUT2D eigenvalue weighted by Gasteiger charge is 2.39. The van der Waals surface area contributed by atoms with Crippen molar-refractivity contribution >= 4 is 29.6 Å². The number of carboxylic acids is 1. The monoisotopic (exact) mass is 443 g/mol. The van der Waals surface area contributed by atoms with Gasteiger partial charge < -0.3 is 37.2 Å². The molecular formula is C19H33N5O7. The fourth-order valence-electron chi connectivity index (χ4n) is 3.35. The Labute approximate surface area is 180 Å². The van der Waals surface area contributed by atoms with E-state index in [0.29, 0.717) is 12.8 Å². The van der Waals surface area contributed by atoms with E-state index >= 15 is 0 Å². The van der Waals surface area contributed by atoms with Gasteiger partial charge in [0.1, 0.15) is 24.2 Å². The third kappa shape index (κ3) is 7.79. The first-order valence-corrected chi connectivity index (χ1v) is 10.2. The summed E-state index contributed by atoms with van der Waals surface area (Å²) in [6.45, 7) is 5.30. The van der Waals surface area contributed by atoms with Gasteiger partial charge in [-0.1, -0.05) is 13.8 Å². The first kappa shape index (κ1) is 26.3. The summed E-state index contributed by atoms with van der Waals surface area (Å²) in [4.78, 5) is 61.7. The summed E-state index contributed by atoms with van der Waals surface area (Å²) in [5, 5.41) is 23.6. The van der Waals surface area contributed by atoms with Crippen molar-refractivity contribution in [1.82, 2.24) is 15.5 Å². The predicted molar refractivity (Wildman–Crippen MR) is 109 cm³/mol. The lowest BCUT2D eigenvalue weighted by atomic mass is 10.0. The molecule has 0 aliphatic carbocycles. The van der Waals surface area contributed by atoms with Crippen molar-refractivity contribution in [3.05, 3.63) is 0 Å². The molecule has 1 aliphatic rings. The average Bonchev–Trinajstić information content (AvgIpc) is 3.14. The molecule has 0 aromatic heterocycles. The summed E-state index contributed by atoms with van der Waals surface area (Å²) >= 11 is 0. The maximum absolute atomic E-state index is 12.9. The van der Waals surface area contributed by atoms with Gasteiger partial charge in [0, 0.05) is 6.54 Å². The molecule has 0 spiro atoms. The zero-order chi connectivity index (χ0) is 23.9. The number of nitrogens with one attached hydrogen (secondary N) is 2. The highest BCUT2D eigenvalue weighted by Crippen LogP contribution is 2.19. The fraction of sp³-hybridized carbons (Fsp3) is 0.737. The molecule has 5 atom stereocenters. The average molecular weight is 444 g/mol. The molecule has 31 heavy (non-hydrogen) atoms. The van der Waals surface area contributed by atoms with Crippen molar-refractivity contribution in [3.8, 4) is 0 Å². The van der Waals surface area contributed by atoms with Crippen molar-refractivity contribution < 1.29 is 34.2 Å². The number of carboxylic acid groups (broad SMARTS) is 1. The summed E-state index contributed by atoms with van der Waals surface area (Å²) < 4.78 is 0. The molecule has 8 N–H and O–H groups in total. The molecule has 5 unspecified atom stereocenters. The number of nitrogens with two attached hydrogens (primary N) is 2. The number of rotatable bonds is 11. The molecule has 1 fully saturated rings. The summed E-state index contributed by atoms with van der Waals surface area (Å²) in [5.41, 5.74) is 10.7. The van der Waals surface area contributed by atoms with Crippen LogP contribution in [0.25, 0.3) is 0 Å². The molecule has 0 saturated carbocycles. The Morgan fingerprint density at radius 3 is 2.19 bits per heavy atom. The lowest BCUT2D eigenvalue weighted by Gasteiger charge is -2.29. The molecular weight excluding hydrogens is 410 g/mol. The Morgan fingerprint density at radius 2 is 1.71 bits per heavy atom. The van der Waals surface area contributed by atoms with Crippen LogP contribution in [0.1, 0.15) is 46.5 Å². The van der Waals surface area contributed by atoms with E-state index in [1.807, 2.05) is 13.8 Å². The maximum Gasteiger partial charge on any atom is 0.326 e. The smallest absolute Gasteiger partial charge is 0.326 e. The van der Waals surface area contributed by atoms with Crippen LogP contribution in [0.5, 0.6) is 0 Å². The van der Waals surface area contributed by atoms with Gasteiger partial charge in [0.05, 0.1) is 12.5 Å². The van der Waals surface area contributed by atoms with E-state index < -0.39 is 66.3 Å². The molecule has 1 aliphatic heterocycles. The Bertz CT molecular complexity index is 697. The van der Waals surface area contributed by atoms with Crippen molar-refractivity contribution in [2.75, 3.05) is 6.54 Å². The fourth-order valence-corrected chi connectivity index (χ4v) is 3.35. The molecule has 1 saturated heterocycles. The van der Waals surface area contributed by atoms with Gasteiger partial charge in [-0.25, -0.2) is 4.79 Å². The van der Waals surface area contributed by atoms with Crippen LogP contribution in [0.4, 0.5) is 0 Å². The van der Waals surface area contributed by atoms with E-state index in [2.05, 4.69) is 10.6 Å². The van der Waals surface area contributed by atoms with Crippen LogP contribution >= 0.6 is 0 Å². The van der Waals surface area contributed by atoms with Crippen LogP contribution in [0.2, 0.25) is 0 Å². The first-order valence-electron chi connectivity index (χ1n) is 10.2. The van der Waals surface area contributed by atoms with Crippen LogP contribution < -0.4 is 22.1 Å². The number of hydrogen-bond acceptors (Lipinski definition) is 7. The number of aliphatic hydroxyl groups is 1. The molecule has 0 aromatic carbocycles. The molecule has 12 nitrogen and oxygen atoms in total. The molecule has 176 valence electrons. The Hall–Kier alpha value is -2.73. The van der Waals surface area contributed by atoms with Crippen LogP contribution in [0, 0.1) is 5.92 Å². The van der Waals surface area contributed by atoms with Gasteiger partial charge in [0.2, 0.25) is 23.6 Å². The van der Waals surface area contributed by atoms with Gasteiger partial charge in [-0.15, -0.1) is 0 Å². The van der Waals surface area contributed by atoms with E-state index in [-0.39, 0.29) is 18.9 Å². The number of nitrogens with zero attached hydrogens (tertiary/aromatic N) is 1. The standard InChI is InChI=1S/C19H33N5O7/c1-9(2)7-11(16(27)23-12(19(30)31)8-14(20)26)22-17(28)13-5-4-6-24(13)18(29)15(21)10(3)25/h9-13,15,25H,4-8,21H2,1-3H3,(H2,20,26)(H,22,28)(H,23,27)(H,30,31). The summed E-state index contributed by atoms with van der Waals surface area (Å²) in [6, 6.07) is -4.63. The third-order valence-electron chi connectivity index (χ3n) is 5.00. The minimum atomic E-state index is -1.52. The van der Waals surface area contributed by atoms with Gasteiger partial charge in [-0.3, -0.25) is 19.2 Å². The second-order valence-corrected chi connectivity index (χ2v) is 8.22. The summed E-state index contributed by atoms with van der Waals surface area (Å²) in [5.74, 6) is -4.27. The minimum Gasteiger partial charge on any atom is -0.480 e. The van der Waals surface area contributed by atoms with Gasteiger partial charge in [-0.05, 0) is 32.1 Å². The van der Waals surface area contributed by atoms with Crippen molar-refractivity contribution in [2.45, 2.75) is 76.7 Å². The highest BCUT2D eigenvalue weighted by molar-refractivity contribution is 5.95. The maximum atomic E-state index is 12.9. The number of likely N-dealkylation sites (tertiary alicyclic amines) is 1. The topological polar surface area (TPSA) is 205 Å². The van der Waals surface area contributed by atoms with Crippen LogP contribution in [0.3, 0.4) is 0 Å². The van der Waals surface area contributed by atoms with E-state index in [1.54, 1.807) is 0 Å². The van der Waals surface area contributed by atoms with Gasteiger partial charge in [-0.2, -0.15) is 0 Å². The SMILES string of the molecule is CC(C)CC(NC(=O)C1CCCN1C(=O)C(N)C(C)O)C(=O)NC(CC(N)=O)C(=O)O. The van der Waals surface area contributed by atoms with E-state index in [0.717, 1.165) is 0 Å². The number of aliphatic hydroxyl groups excluding tert-OH is 1. The van der Waals surface area contributed by atoms with Crippen LogP contribution in [0.15, 0.2) is 0 Å². The van der Waals surface area contributed by atoms with Gasteiger partial charge in [0.15, 0.2) is 0 Å². The Morgan fingerprint density at radius 1 is 1.10 bits per heavy atom. The molecule has 0 aromatic rings. The quantitative estimate of drug-likeness (QED) is 0.203. The number of carbonyl (C=O) groups is 5. The predicted octanol–water partition coefficient (Wildman–Crippen LogP) is -2.34. The summed E-state index contributed by atoms with van der Waals surface area (Å²) in [7, 11) is 0. The van der Waals surface area contributed by atoms with Gasteiger partial charge >= 0.3 is 5.97 Å². The van der Waals surface area contributed by atoms with Crippen molar-refractivity contribution in [2.24, 2.45) is 17.4 Å². The second-order valence-electron chi connectivity index (χ2n) is 8.22. The van der Waals surface area contributed by atoms with Crippen LogP contribution in [-0.4, -0.2) is 81.5 Å². The molecule has 1 rings (SSSR count). The zero-order valence-electron chi connectivity index (χ0n) is 18.0. The molecule has 4 amide bonds. The molecule has 12 heteroatoms. The molecule has 1 heterocycles. The number of aliphatic carboxylic acids is 1. The lowest BCUT2D eigenvalue weighted by Crippen LogP contribution is -2.58. The number of amides is 4. The normalized spacial score (nSPS) is 19.9. The number of hydrogen-bond donors (Lipinski definition) is 6. The van der Waals surface area contributed by atoms with Crippen molar-refractivity contribution in [1.29, 1.82) is 0 Å². The highest BCUT2D eigenvalue weighted by atomic mass is 16.4.